The summed E-state index contributed by atoms with van der Waals surface area (Å²) in [7, 11) is -4.26. The molecule has 0 fully saturated rings. The summed E-state index contributed by atoms with van der Waals surface area (Å²) in [5, 5.41) is 20.5. The lowest BCUT2D eigenvalue weighted by atomic mass is 9.83. The molecule has 11 heteroatoms. The normalized spacial score (nSPS) is 15.1. The number of nitro benzene ring substituents is 1. The summed E-state index contributed by atoms with van der Waals surface area (Å²) < 4.78 is 36.1. The van der Waals surface area contributed by atoms with Crippen LogP contribution in [0, 0.1) is 21.4 Å². The van der Waals surface area contributed by atoms with Gasteiger partial charge >= 0.3 is 10.1 Å². The highest BCUT2D eigenvalue weighted by Crippen LogP contribution is 2.43. The predicted molar refractivity (Wildman–Crippen MR) is 125 cm³/mol. The van der Waals surface area contributed by atoms with Crippen molar-refractivity contribution in [3.63, 3.8) is 0 Å². The fraction of sp³-hybridized carbons (Fsp3) is 0.0870. The van der Waals surface area contributed by atoms with Crippen molar-refractivity contribution in [3.05, 3.63) is 99.4 Å². The smallest absolute Gasteiger partial charge is 0.339 e. The SMILES string of the molecule is CSc1ccc(C2C(C#N)=C(N)Oc3cc(OS(=O)(=O)c4ccc([N+](=O)[O-])cc4)ccc32)cc1. The molecule has 4 rings (SSSR count). The zero-order chi connectivity index (χ0) is 24.5. The van der Waals surface area contributed by atoms with E-state index in [1.165, 1.54) is 12.1 Å². The molecule has 1 atom stereocenters. The van der Waals surface area contributed by atoms with Gasteiger partial charge in [-0.1, -0.05) is 18.2 Å². The van der Waals surface area contributed by atoms with Gasteiger partial charge in [0.15, 0.2) is 0 Å². The number of non-ortho nitro benzene ring substituents is 1. The molecular formula is C23H17N3O6S2. The summed E-state index contributed by atoms with van der Waals surface area (Å²) in [6, 6.07) is 18.6. The first-order valence-corrected chi connectivity index (χ1v) is 12.4. The molecule has 0 amide bonds. The fourth-order valence-corrected chi connectivity index (χ4v) is 4.87. The molecule has 0 spiro atoms. The number of allylic oxidation sites excluding steroid dienone is 1. The molecule has 1 aliphatic heterocycles. The molecule has 0 aliphatic carbocycles. The van der Waals surface area contributed by atoms with Gasteiger partial charge in [0.25, 0.3) is 5.69 Å². The molecule has 3 aromatic carbocycles. The second kappa shape index (κ2) is 9.09. The summed E-state index contributed by atoms with van der Waals surface area (Å²) in [6.45, 7) is 0. The Balaban J connectivity index is 1.68. The standard InChI is InChI=1S/C23H17N3O6S2/c1-33-17-7-2-14(3-8-17)22-19-11-6-16(12-21(19)31-23(25)20(22)13-24)32-34(29,30)18-9-4-15(5-10-18)26(27)28/h2-12,22H,25H2,1H3. The van der Waals surface area contributed by atoms with Gasteiger partial charge < -0.3 is 14.7 Å². The Kier molecular flexibility index (Phi) is 6.19. The first-order chi connectivity index (χ1) is 16.2. The first kappa shape index (κ1) is 23.2. The molecule has 0 saturated heterocycles. The van der Waals surface area contributed by atoms with Crippen molar-refractivity contribution < 1.29 is 22.3 Å². The highest BCUT2D eigenvalue weighted by Gasteiger charge is 2.31. The third-order valence-electron chi connectivity index (χ3n) is 5.18. The zero-order valence-electron chi connectivity index (χ0n) is 17.7. The van der Waals surface area contributed by atoms with Crippen molar-refractivity contribution in [3.8, 4) is 17.6 Å². The Hall–Kier alpha value is -4.01. The Morgan fingerprint density at radius 3 is 2.38 bits per heavy atom. The Bertz CT molecular complexity index is 1440. The van der Waals surface area contributed by atoms with E-state index >= 15 is 0 Å². The maximum absolute atomic E-state index is 12.6. The lowest BCUT2D eigenvalue weighted by Gasteiger charge is -2.26. The van der Waals surface area contributed by atoms with Crippen LogP contribution in [0.5, 0.6) is 11.5 Å². The minimum Gasteiger partial charge on any atom is -0.440 e. The molecule has 0 bridgehead atoms. The van der Waals surface area contributed by atoms with Crippen LogP contribution >= 0.6 is 11.8 Å². The third-order valence-corrected chi connectivity index (χ3v) is 7.19. The Labute approximate surface area is 199 Å². The molecular weight excluding hydrogens is 478 g/mol. The summed E-state index contributed by atoms with van der Waals surface area (Å²) in [4.78, 5) is 11.0. The number of rotatable bonds is 6. The molecule has 1 unspecified atom stereocenters. The number of thioether (sulfide) groups is 1. The maximum Gasteiger partial charge on any atom is 0.339 e. The Morgan fingerprint density at radius 1 is 1.12 bits per heavy atom. The van der Waals surface area contributed by atoms with Gasteiger partial charge in [0, 0.05) is 28.7 Å². The van der Waals surface area contributed by atoms with Crippen LogP contribution in [0.15, 0.2) is 88.0 Å². The summed E-state index contributed by atoms with van der Waals surface area (Å²) >= 11 is 1.59. The largest absolute Gasteiger partial charge is 0.440 e. The van der Waals surface area contributed by atoms with Gasteiger partial charge in [-0.3, -0.25) is 10.1 Å². The summed E-state index contributed by atoms with van der Waals surface area (Å²) in [5.41, 5.74) is 7.47. The number of hydrogen-bond acceptors (Lipinski definition) is 9. The van der Waals surface area contributed by atoms with Crippen LogP contribution < -0.4 is 14.7 Å². The number of nitrogens with zero attached hydrogens (tertiary/aromatic N) is 2. The van der Waals surface area contributed by atoms with E-state index in [-0.39, 0.29) is 33.5 Å². The van der Waals surface area contributed by atoms with E-state index in [4.69, 9.17) is 14.7 Å². The quantitative estimate of drug-likeness (QED) is 0.229. The number of ether oxygens (including phenoxy) is 1. The van der Waals surface area contributed by atoms with Gasteiger partial charge in [-0.2, -0.15) is 13.7 Å². The molecule has 2 N–H and O–H groups in total. The minimum absolute atomic E-state index is 0.0400. The van der Waals surface area contributed by atoms with Crippen LogP contribution in [0.25, 0.3) is 0 Å². The van der Waals surface area contributed by atoms with Gasteiger partial charge in [0.05, 0.1) is 10.8 Å². The van der Waals surface area contributed by atoms with Crippen LogP contribution in [0.4, 0.5) is 5.69 Å². The van der Waals surface area contributed by atoms with Gasteiger partial charge in [0.2, 0.25) is 5.88 Å². The molecule has 1 aliphatic rings. The van der Waals surface area contributed by atoms with Crippen LogP contribution in [0.1, 0.15) is 17.0 Å². The van der Waals surface area contributed by atoms with Crippen molar-refractivity contribution in [2.45, 2.75) is 15.7 Å². The lowest BCUT2D eigenvalue weighted by Crippen LogP contribution is -2.21. The second-order valence-electron chi connectivity index (χ2n) is 7.19. The third kappa shape index (κ3) is 4.41. The molecule has 3 aromatic rings. The number of nitriles is 1. The Morgan fingerprint density at radius 2 is 1.79 bits per heavy atom. The van der Waals surface area contributed by atoms with Gasteiger partial charge in [0.1, 0.15) is 28.0 Å². The molecule has 0 saturated carbocycles. The van der Waals surface area contributed by atoms with Crippen molar-refractivity contribution >= 4 is 27.6 Å². The van der Waals surface area contributed by atoms with E-state index in [9.17, 15) is 23.8 Å². The van der Waals surface area contributed by atoms with E-state index in [0.717, 1.165) is 34.7 Å². The summed E-state index contributed by atoms with van der Waals surface area (Å²) in [5.74, 6) is -0.358. The van der Waals surface area contributed by atoms with Crippen molar-refractivity contribution in [1.29, 1.82) is 5.26 Å². The molecule has 1 heterocycles. The molecule has 0 radical (unpaired) electrons. The van der Waals surface area contributed by atoms with Crippen molar-refractivity contribution in [1.82, 2.24) is 0 Å². The maximum atomic E-state index is 12.6. The molecule has 172 valence electrons. The van der Waals surface area contributed by atoms with Gasteiger partial charge in [-0.15, -0.1) is 11.8 Å². The second-order valence-corrected chi connectivity index (χ2v) is 9.61. The average molecular weight is 496 g/mol. The van der Waals surface area contributed by atoms with Gasteiger partial charge in [-0.25, -0.2) is 0 Å². The van der Waals surface area contributed by atoms with E-state index in [1.54, 1.807) is 17.8 Å². The van der Waals surface area contributed by atoms with Crippen LogP contribution in [-0.2, 0) is 10.1 Å². The van der Waals surface area contributed by atoms with Crippen molar-refractivity contribution in [2.24, 2.45) is 5.73 Å². The highest BCUT2D eigenvalue weighted by atomic mass is 32.2. The molecule has 9 nitrogen and oxygen atoms in total. The monoisotopic (exact) mass is 495 g/mol. The molecule has 0 aromatic heterocycles. The fourth-order valence-electron chi connectivity index (χ4n) is 3.54. The topological polar surface area (TPSA) is 146 Å². The van der Waals surface area contributed by atoms with Crippen molar-refractivity contribution in [2.75, 3.05) is 6.26 Å². The highest BCUT2D eigenvalue weighted by molar-refractivity contribution is 7.98. The van der Waals surface area contributed by atoms with Crippen LogP contribution in [0.2, 0.25) is 0 Å². The number of nitrogens with two attached hydrogens (primary N) is 1. The average Bonchev–Trinajstić information content (AvgIpc) is 2.83. The number of nitro groups is 1. The van der Waals surface area contributed by atoms with Crippen LogP contribution in [0.3, 0.4) is 0 Å². The number of benzene rings is 3. The number of fused-ring (bicyclic) bond motifs is 1. The van der Waals surface area contributed by atoms with Crippen LogP contribution in [-0.4, -0.2) is 19.6 Å². The van der Waals surface area contributed by atoms with E-state index in [0.29, 0.717) is 5.56 Å². The zero-order valence-corrected chi connectivity index (χ0v) is 19.3. The van der Waals surface area contributed by atoms with E-state index in [2.05, 4.69) is 6.07 Å². The lowest BCUT2D eigenvalue weighted by molar-refractivity contribution is -0.384. The first-order valence-electron chi connectivity index (χ1n) is 9.78. The van der Waals surface area contributed by atoms with E-state index in [1.807, 2.05) is 30.5 Å². The van der Waals surface area contributed by atoms with Gasteiger partial charge in [-0.05, 0) is 42.2 Å². The summed E-state index contributed by atoms with van der Waals surface area (Å²) in [6.07, 6.45) is 1.96. The predicted octanol–water partition coefficient (Wildman–Crippen LogP) is 4.30. The minimum atomic E-state index is -4.26. The number of hydrogen-bond donors (Lipinski definition) is 1. The van der Waals surface area contributed by atoms with E-state index < -0.39 is 21.0 Å². The molecule has 34 heavy (non-hydrogen) atoms.